The van der Waals surface area contributed by atoms with Crippen LogP contribution in [0, 0.1) is 5.82 Å². The molecular weight excluding hydrogens is 405 g/mol. The molecule has 0 fully saturated rings. The molecule has 1 unspecified atom stereocenters. The van der Waals surface area contributed by atoms with E-state index in [1.807, 2.05) is 0 Å². The van der Waals surface area contributed by atoms with Gasteiger partial charge in [0.15, 0.2) is 6.61 Å². The highest BCUT2D eigenvalue weighted by Gasteiger charge is 2.31. The van der Waals surface area contributed by atoms with Gasteiger partial charge in [-0.25, -0.2) is 14.0 Å². The van der Waals surface area contributed by atoms with Crippen LogP contribution >= 0.6 is 0 Å². The van der Waals surface area contributed by atoms with Gasteiger partial charge in [0.25, 0.3) is 5.91 Å². The van der Waals surface area contributed by atoms with Crippen molar-refractivity contribution >= 4 is 23.6 Å². The van der Waals surface area contributed by atoms with Crippen molar-refractivity contribution in [3.8, 4) is 5.75 Å². The number of esters is 1. The molecule has 0 bridgehead atoms. The summed E-state index contributed by atoms with van der Waals surface area (Å²) in [5.41, 5.74) is 1.77. The van der Waals surface area contributed by atoms with Crippen LogP contribution in [-0.4, -0.2) is 31.1 Å². The molecule has 3 amide bonds. The van der Waals surface area contributed by atoms with E-state index in [1.165, 1.54) is 24.3 Å². The van der Waals surface area contributed by atoms with Gasteiger partial charge >= 0.3 is 12.0 Å². The highest BCUT2D eigenvalue weighted by molar-refractivity contribution is 6.06. The van der Waals surface area contributed by atoms with Crippen molar-refractivity contribution < 1.29 is 28.2 Å². The number of amides is 3. The molecule has 3 rings (SSSR count). The first-order valence-electron chi connectivity index (χ1n) is 9.61. The van der Waals surface area contributed by atoms with E-state index in [-0.39, 0.29) is 13.2 Å². The number of carbonyl (C=O) groups excluding carboxylic acids is 3. The standard InChI is InChI=1S/C22H22FN3O5/c1-3-30-18(27)12-31-17-10-4-14(5-11-17)20-19(13(2)24-22(29)26-20)21(28)25-16-8-6-15(23)7-9-16/h4-11,20H,3,12H2,1-2H3,(H,25,28)(H2,24,26,29). The summed E-state index contributed by atoms with van der Waals surface area (Å²) in [4.78, 5) is 36.4. The lowest BCUT2D eigenvalue weighted by molar-refractivity contribution is -0.145. The number of carbonyl (C=O) groups is 3. The molecule has 1 heterocycles. The van der Waals surface area contributed by atoms with Gasteiger partial charge in [-0.1, -0.05) is 12.1 Å². The van der Waals surface area contributed by atoms with Crippen molar-refractivity contribution in [1.82, 2.24) is 10.6 Å². The molecule has 31 heavy (non-hydrogen) atoms. The Morgan fingerprint density at radius 3 is 2.42 bits per heavy atom. The third-order valence-electron chi connectivity index (χ3n) is 4.49. The number of urea groups is 1. The zero-order valence-electron chi connectivity index (χ0n) is 17.0. The molecule has 162 valence electrons. The van der Waals surface area contributed by atoms with Crippen molar-refractivity contribution in [2.45, 2.75) is 19.9 Å². The minimum Gasteiger partial charge on any atom is -0.482 e. The van der Waals surface area contributed by atoms with E-state index in [0.29, 0.717) is 28.3 Å². The Balaban J connectivity index is 1.78. The molecule has 8 nitrogen and oxygen atoms in total. The minimum absolute atomic E-state index is 0.221. The first-order valence-corrected chi connectivity index (χ1v) is 9.61. The van der Waals surface area contributed by atoms with E-state index < -0.39 is 29.8 Å². The smallest absolute Gasteiger partial charge is 0.344 e. The molecule has 1 aliphatic rings. The molecule has 1 aliphatic heterocycles. The van der Waals surface area contributed by atoms with Crippen LogP contribution in [-0.2, 0) is 14.3 Å². The van der Waals surface area contributed by atoms with Gasteiger partial charge < -0.3 is 25.4 Å². The van der Waals surface area contributed by atoms with Gasteiger partial charge in [-0.15, -0.1) is 0 Å². The molecule has 3 N–H and O–H groups in total. The predicted octanol–water partition coefficient (Wildman–Crippen LogP) is 3.03. The number of benzene rings is 2. The minimum atomic E-state index is -0.715. The molecule has 0 radical (unpaired) electrons. The maximum absolute atomic E-state index is 13.1. The fraction of sp³-hybridized carbons (Fsp3) is 0.227. The van der Waals surface area contributed by atoms with Gasteiger partial charge in [-0.2, -0.15) is 0 Å². The number of anilines is 1. The Morgan fingerprint density at radius 1 is 1.10 bits per heavy atom. The second kappa shape index (κ2) is 9.75. The van der Waals surface area contributed by atoms with Gasteiger partial charge in [0, 0.05) is 11.4 Å². The molecule has 0 spiro atoms. The summed E-state index contributed by atoms with van der Waals surface area (Å²) in [5.74, 6) is -0.891. The second-order valence-corrected chi connectivity index (χ2v) is 6.69. The summed E-state index contributed by atoms with van der Waals surface area (Å²) in [6.07, 6.45) is 0. The highest BCUT2D eigenvalue weighted by Crippen LogP contribution is 2.29. The number of allylic oxidation sites excluding steroid dienone is 1. The van der Waals surface area contributed by atoms with Gasteiger partial charge in [0.1, 0.15) is 11.6 Å². The van der Waals surface area contributed by atoms with Crippen molar-refractivity contribution in [3.63, 3.8) is 0 Å². The van der Waals surface area contributed by atoms with E-state index in [1.54, 1.807) is 38.1 Å². The summed E-state index contributed by atoms with van der Waals surface area (Å²) in [7, 11) is 0. The number of hydrogen-bond acceptors (Lipinski definition) is 5. The molecule has 2 aromatic rings. The Labute approximate surface area is 178 Å². The van der Waals surface area contributed by atoms with E-state index >= 15 is 0 Å². The lowest BCUT2D eigenvalue weighted by atomic mass is 9.94. The molecular formula is C22H22FN3O5. The molecule has 9 heteroatoms. The summed E-state index contributed by atoms with van der Waals surface area (Å²) in [6, 6.07) is 10.9. The van der Waals surface area contributed by atoms with Gasteiger partial charge in [-0.3, -0.25) is 4.79 Å². The largest absolute Gasteiger partial charge is 0.482 e. The first-order chi connectivity index (χ1) is 14.9. The van der Waals surface area contributed by atoms with Gasteiger partial charge in [0.05, 0.1) is 18.2 Å². The zero-order chi connectivity index (χ0) is 22.4. The molecule has 0 aliphatic carbocycles. The molecule has 0 aromatic heterocycles. The van der Waals surface area contributed by atoms with Crippen LogP contribution in [0.15, 0.2) is 59.8 Å². The topological polar surface area (TPSA) is 106 Å². The van der Waals surface area contributed by atoms with Crippen LogP contribution < -0.4 is 20.7 Å². The lowest BCUT2D eigenvalue weighted by Crippen LogP contribution is -2.45. The van der Waals surface area contributed by atoms with Gasteiger partial charge in [-0.05, 0) is 55.8 Å². The molecule has 2 aromatic carbocycles. The summed E-state index contributed by atoms with van der Waals surface area (Å²) in [6.45, 7) is 3.38. The van der Waals surface area contributed by atoms with Crippen molar-refractivity contribution in [2.24, 2.45) is 0 Å². The fourth-order valence-corrected chi connectivity index (χ4v) is 3.08. The Hall–Kier alpha value is -3.88. The summed E-state index contributed by atoms with van der Waals surface area (Å²) < 4.78 is 23.3. The molecule has 0 saturated carbocycles. The SMILES string of the molecule is CCOC(=O)COc1ccc(C2NC(=O)NC(C)=C2C(=O)Nc2ccc(F)cc2)cc1. The van der Waals surface area contributed by atoms with E-state index in [0.717, 1.165) is 0 Å². The monoisotopic (exact) mass is 427 g/mol. The second-order valence-electron chi connectivity index (χ2n) is 6.69. The summed E-state index contributed by atoms with van der Waals surface area (Å²) >= 11 is 0. The Morgan fingerprint density at radius 2 is 1.77 bits per heavy atom. The third-order valence-corrected chi connectivity index (χ3v) is 4.49. The number of ether oxygens (including phenoxy) is 2. The van der Waals surface area contributed by atoms with Crippen LogP contribution in [0.5, 0.6) is 5.75 Å². The normalized spacial score (nSPS) is 15.6. The maximum atomic E-state index is 13.1. The zero-order valence-corrected chi connectivity index (χ0v) is 17.0. The fourth-order valence-electron chi connectivity index (χ4n) is 3.08. The van der Waals surface area contributed by atoms with Crippen molar-refractivity contribution in [3.05, 3.63) is 71.2 Å². The van der Waals surface area contributed by atoms with Gasteiger partial charge in [0.2, 0.25) is 0 Å². The van der Waals surface area contributed by atoms with Crippen molar-refractivity contribution in [1.29, 1.82) is 0 Å². The summed E-state index contributed by atoms with van der Waals surface area (Å²) in [5, 5.41) is 8.03. The number of nitrogens with one attached hydrogen (secondary N) is 3. The average Bonchev–Trinajstić information content (AvgIpc) is 2.74. The van der Waals surface area contributed by atoms with Crippen LogP contribution in [0.1, 0.15) is 25.5 Å². The third kappa shape index (κ3) is 5.59. The number of rotatable bonds is 7. The highest BCUT2D eigenvalue weighted by atomic mass is 19.1. The lowest BCUT2D eigenvalue weighted by Gasteiger charge is -2.28. The average molecular weight is 427 g/mol. The quantitative estimate of drug-likeness (QED) is 0.589. The van der Waals surface area contributed by atoms with E-state index in [9.17, 15) is 18.8 Å². The Kier molecular flexibility index (Phi) is 6.86. The predicted molar refractivity (Wildman–Crippen MR) is 111 cm³/mol. The first kappa shape index (κ1) is 21.8. The van der Waals surface area contributed by atoms with Crippen LogP contribution in [0.25, 0.3) is 0 Å². The van der Waals surface area contributed by atoms with E-state index in [4.69, 9.17) is 9.47 Å². The number of halogens is 1. The maximum Gasteiger partial charge on any atom is 0.344 e. The van der Waals surface area contributed by atoms with Crippen LogP contribution in [0.3, 0.4) is 0 Å². The van der Waals surface area contributed by atoms with Crippen LogP contribution in [0.2, 0.25) is 0 Å². The molecule has 0 saturated heterocycles. The molecule has 1 atom stereocenters. The Bertz CT molecular complexity index is 1000. The number of hydrogen-bond donors (Lipinski definition) is 3. The van der Waals surface area contributed by atoms with Crippen molar-refractivity contribution in [2.75, 3.05) is 18.5 Å². The van der Waals surface area contributed by atoms with E-state index in [2.05, 4.69) is 16.0 Å². The van der Waals surface area contributed by atoms with Crippen LogP contribution in [0.4, 0.5) is 14.9 Å².